The monoisotopic (exact) mass is 596 g/mol. The molecule has 9 heteroatoms. The minimum absolute atomic E-state index is 0.0138. The lowest BCUT2D eigenvalue weighted by Gasteiger charge is -2.44. The number of likely N-dealkylation sites (tertiary alicyclic amines) is 1. The van der Waals surface area contributed by atoms with Crippen LogP contribution in [0.15, 0.2) is 66.7 Å². The van der Waals surface area contributed by atoms with Crippen molar-refractivity contribution in [3.05, 3.63) is 101 Å². The van der Waals surface area contributed by atoms with E-state index in [-0.39, 0.29) is 30.3 Å². The number of piperidine rings is 1. The van der Waals surface area contributed by atoms with E-state index in [2.05, 4.69) is 15.5 Å². The molecule has 4 fully saturated rings. The van der Waals surface area contributed by atoms with E-state index in [1.54, 1.807) is 0 Å². The first kappa shape index (κ1) is 27.4. The second kappa shape index (κ2) is 9.44. The van der Waals surface area contributed by atoms with Crippen LogP contribution < -0.4 is 10.6 Å². The van der Waals surface area contributed by atoms with Gasteiger partial charge in [0.15, 0.2) is 0 Å². The van der Waals surface area contributed by atoms with Gasteiger partial charge in [-0.2, -0.15) is 0 Å². The first-order valence-corrected chi connectivity index (χ1v) is 15.5. The molecule has 1 saturated carbocycles. The van der Waals surface area contributed by atoms with Gasteiger partial charge in [0, 0.05) is 23.6 Å². The van der Waals surface area contributed by atoms with E-state index >= 15 is 0 Å². The van der Waals surface area contributed by atoms with Crippen molar-refractivity contribution in [3.63, 3.8) is 0 Å². The van der Waals surface area contributed by atoms with Gasteiger partial charge in [0.05, 0.1) is 12.1 Å². The standard InChI is InChI=1S/C35H34F2N4O3/c1-33(23-7-3-2-4-8-23)39-31(43)35-19-21-9-10-26(18-27(21)30(35)41(33)35)38-29(42)20-40-28(22-15-24(36)17-25(37)16-22)11-14-34(32(40)44)12-5-6-13-34/h2-4,7-10,15-18,28,30H,5-6,11-14,19-20H2,1H3,(H,38,42)(H,39,43)/t28-,30?,33?,35?,41?/m0/s1. The first-order valence-electron chi connectivity index (χ1n) is 15.5. The molecule has 3 aromatic carbocycles. The summed E-state index contributed by atoms with van der Waals surface area (Å²) >= 11 is 0. The maximum atomic E-state index is 14.2. The zero-order valence-corrected chi connectivity index (χ0v) is 24.5. The van der Waals surface area contributed by atoms with Gasteiger partial charge in [-0.25, -0.2) is 8.78 Å². The fourth-order valence-corrected chi connectivity index (χ4v) is 8.91. The topological polar surface area (TPSA) is 81.5 Å². The number of carbonyl (C=O) groups is 3. The Hall–Kier alpha value is -4.11. The molecule has 0 radical (unpaired) electrons. The van der Waals surface area contributed by atoms with Gasteiger partial charge < -0.3 is 15.5 Å². The van der Waals surface area contributed by atoms with Crippen LogP contribution in [0.5, 0.6) is 0 Å². The highest BCUT2D eigenvalue weighted by Gasteiger charge is 2.80. The van der Waals surface area contributed by atoms with Crippen molar-refractivity contribution in [3.8, 4) is 0 Å². The van der Waals surface area contributed by atoms with Crippen molar-refractivity contribution >= 4 is 23.4 Å². The number of nitrogens with one attached hydrogen (secondary N) is 2. The third-order valence-electron chi connectivity index (χ3n) is 11.0. The van der Waals surface area contributed by atoms with E-state index in [4.69, 9.17) is 0 Å². The normalized spacial score (nSPS) is 31.0. The second-order valence-electron chi connectivity index (χ2n) is 13.4. The van der Waals surface area contributed by atoms with Crippen LogP contribution in [0, 0.1) is 17.0 Å². The summed E-state index contributed by atoms with van der Waals surface area (Å²) in [6.07, 6.45) is 5.26. The van der Waals surface area contributed by atoms with Crippen molar-refractivity contribution in [1.29, 1.82) is 0 Å². The molecule has 4 unspecified atom stereocenters. The Balaban J connectivity index is 1.05. The molecule has 3 aromatic rings. The molecule has 3 amide bonds. The quantitative estimate of drug-likeness (QED) is 0.382. The van der Waals surface area contributed by atoms with Gasteiger partial charge in [-0.3, -0.25) is 19.3 Å². The maximum absolute atomic E-state index is 14.2. The van der Waals surface area contributed by atoms with E-state index < -0.39 is 34.3 Å². The Labute approximate surface area is 254 Å². The Morgan fingerprint density at radius 3 is 2.43 bits per heavy atom. The molecule has 226 valence electrons. The summed E-state index contributed by atoms with van der Waals surface area (Å²) in [6, 6.07) is 18.3. The SMILES string of the molecule is CC1(c2ccccc2)NC(=O)C23Cc4ccc(NC(=O)CN5C(=O)C6(CCCC6)CC[C@H]5c5cc(F)cc(F)c5)cc4C2N13. The van der Waals surface area contributed by atoms with Gasteiger partial charge in [0.25, 0.3) is 0 Å². The van der Waals surface area contributed by atoms with E-state index in [1.807, 2.05) is 55.5 Å². The average molecular weight is 597 g/mol. The molecule has 0 bridgehead atoms. The summed E-state index contributed by atoms with van der Waals surface area (Å²) < 4.78 is 28.4. The lowest BCUT2D eigenvalue weighted by molar-refractivity contribution is -0.152. The number of carbonyl (C=O) groups excluding carboxylic acids is 3. The summed E-state index contributed by atoms with van der Waals surface area (Å²) in [4.78, 5) is 44.6. The summed E-state index contributed by atoms with van der Waals surface area (Å²) in [5.74, 6) is -1.86. The molecule has 44 heavy (non-hydrogen) atoms. The van der Waals surface area contributed by atoms with Crippen LogP contribution in [-0.2, 0) is 26.5 Å². The van der Waals surface area contributed by atoms with Crippen LogP contribution in [0.3, 0.4) is 0 Å². The predicted molar refractivity (Wildman–Crippen MR) is 159 cm³/mol. The Morgan fingerprint density at radius 2 is 1.70 bits per heavy atom. The molecule has 2 aliphatic carbocycles. The number of halogens is 2. The van der Waals surface area contributed by atoms with Crippen molar-refractivity contribution in [2.45, 2.75) is 75.2 Å². The third kappa shape index (κ3) is 3.84. The summed E-state index contributed by atoms with van der Waals surface area (Å²) in [5.41, 5.74) is 2.32. The molecular weight excluding hydrogens is 562 g/mol. The van der Waals surface area contributed by atoms with Crippen LogP contribution in [0.2, 0.25) is 0 Å². The number of anilines is 1. The smallest absolute Gasteiger partial charge is 0.244 e. The van der Waals surface area contributed by atoms with E-state index in [0.29, 0.717) is 30.5 Å². The minimum atomic E-state index is -0.702. The van der Waals surface area contributed by atoms with E-state index in [0.717, 1.165) is 48.4 Å². The number of hydrogen-bond donors (Lipinski definition) is 2. The van der Waals surface area contributed by atoms with Gasteiger partial charge in [0.1, 0.15) is 29.4 Å². The molecule has 3 aliphatic heterocycles. The zero-order chi connectivity index (χ0) is 30.4. The Bertz CT molecular complexity index is 1700. The number of hydrogen-bond acceptors (Lipinski definition) is 4. The van der Waals surface area contributed by atoms with Crippen LogP contribution in [0.25, 0.3) is 0 Å². The summed E-state index contributed by atoms with van der Waals surface area (Å²) in [6.45, 7) is 1.82. The number of fused-ring (bicyclic) bond motifs is 3. The highest BCUT2D eigenvalue weighted by Crippen LogP contribution is 2.68. The van der Waals surface area contributed by atoms with Gasteiger partial charge in [0.2, 0.25) is 17.7 Å². The van der Waals surface area contributed by atoms with Crippen molar-refractivity contribution in [2.75, 3.05) is 11.9 Å². The molecule has 0 aromatic heterocycles. The number of nitrogens with zero attached hydrogens (tertiary/aromatic N) is 2. The Kier molecular flexibility index (Phi) is 5.89. The molecule has 3 saturated heterocycles. The van der Waals surface area contributed by atoms with E-state index in [9.17, 15) is 23.2 Å². The first-order chi connectivity index (χ1) is 21.1. The van der Waals surface area contributed by atoms with Crippen molar-refractivity contribution in [1.82, 2.24) is 15.1 Å². The van der Waals surface area contributed by atoms with Crippen LogP contribution >= 0.6 is 0 Å². The van der Waals surface area contributed by atoms with Gasteiger partial charge in [-0.15, -0.1) is 0 Å². The fourth-order valence-electron chi connectivity index (χ4n) is 8.91. The lowest BCUT2D eigenvalue weighted by Crippen LogP contribution is -2.51. The van der Waals surface area contributed by atoms with Gasteiger partial charge in [-0.05, 0) is 79.1 Å². The molecule has 5 aliphatic rings. The van der Waals surface area contributed by atoms with Crippen molar-refractivity contribution in [2.24, 2.45) is 5.41 Å². The highest BCUT2D eigenvalue weighted by molar-refractivity contribution is 5.98. The summed E-state index contributed by atoms with van der Waals surface area (Å²) in [7, 11) is 0. The third-order valence-corrected chi connectivity index (χ3v) is 11.0. The number of benzene rings is 3. The van der Waals surface area contributed by atoms with Crippen LogP contribution in [0.4, 0.5) is 14.5 Å². The minimum Gasteiger partial charge on any atom is -0.332 e. The molecule has 7 nitrogen and oxygen atoms in total. The molecule has 2 spiro atoms. The molecule has 8 rings (SSSR count). The highest BCUT2D eigenvalue weighted by atomic mass is 19.1. The maximum Gasteiger partial charge on any atom is 0.244 e. The van der Waals surface area contributed by atoms with Crippen molar-refractivity contribution < 1.29 is 23.2 Å². The Morgan fingerprint density at radius 1 is 0.977 bits per heavy atom. The van der Waals surface area contributed by atoms with Crippen LogP contribution in [-0.4, -0.2) is 39.6 Å². The fraction of sp³-hybridized carbons (Fsp3) is 0.400. The number of amides is 3. The second-order valence-corrected chi connectivity index (χ2v) is 13.4. The predicted octanol–water partition coefficient (Wildman–Crippen LogP) is 5.48. The van der Waals surface area contributed by atoms with Crippen LogP contribution in [0.1, 0.15) is 79.8 Å². The number of rotatable bonds is 5. The van der Waals surface area contributed by atoms with E-state index in [1.165, 1.54) is 17.0 Å². The molecule has 2 N–H and O–H groups in total. The molecule has 5 atom stereocenters. The van der Waals surface area contributed by atoms with Gasteiger partial charge in [-0.1, -0.05) is 49.2 Å². The van der Waals surface area contributed by atoms with Gasteiger partial charge >= 0.3 is 0 Å². The largest absolute Gasteiger partial charge is 0.332 e. The lowest BCUT2D eigenvalue weighted by atomic mass is 9.74. The summed E-state index contributed by atoms with van der Waals surface area (Å²) in [5, 5.41) is 6.20. The molecular formula is C35H34F2N4O3. The average Bonchev–Trinajstić information content (AvgIpc) is 3.21. The zero-order valence-electron chi connectivity index (χ0n) is 24.5. The molecule has 3 heterocycles.